The predicted octanol–water partition coefficient (Wildman–Crippen LogP) is 3.18. The van der Waals surface area contributed by atoms with Gasteiger partial charge in [-0.2, -0.15) is 11.8 Å². The Kier molecular flexibility index (Phi) is 5.64. The van der Waals surface area contributed by atoms with E-state index in [9.17, 15) is 4.79 Å². The SMILES string of the molecule is Cc1ccccc1CSCCNC(=O)[C@H]1COc2ccccc2O1. The number of carbonyl (C=O) groups excluding carboxylic acids is 1. The summed E-state index contributed by atoms with van der Waals surface area (Å²) >= 11 is 1.81. The van der Waals surface area contributed by atoms with Gasteiger partial charge in [0.2, 0.25) is 6.10 Å². The number of rotatable bonds is 6. The highest BCUT2D eigenvalue weighted by Crippen LogP contribution is 2.30. The number of aryl methyl sites for hydroxylation is 1. The van der Waals surface area contributed by atoms with Gasteiger partial charge in [-0.3, -0.25) is 4.79 Å². The molecule has 0 saturated carbocycles. The molecule has 1 aliphatic heterocycles. The summed E-state index contributed by atoms with van der Waals surface area (Å²) in [7, 11) is 0. The summed E-state index contributed by atoms with van der Waals surface area (Å²) < 4.78 is 11.3. The van der Waals surface area contributed by atoms with Crippen molar-refractivity contribution in [2.24, 2.45) is 0 Å². The van der Waals surface area contributed by atoms with Gasteiger partial charge in [-0.05, 0) is 30.2 Å². The third-order valence-corrected chi connectivity index (χ3v) is 4.87. The van der Waals surface area contributed by atoms with E-state index in [1.165, 1.54) is 11.1 Å². The van der Waals surface area contributed by atoms with Gasteiger partial charge in [0.1, 0.15) is 6.61 Å². The van der Waals surface area contributed by atoms with Crippen LogP contribution in [0.4, 0.5) is 0 Å². The van der Waals surface area contributed by atoms with Crippen molar-refractivity contribution in [3.63, 3.8) is 0 Å². The molecule has 2 aromatic carbocycles. The minimum absolute atomic E-state index is 0.124. The molecule has 0 aromatic heterocycles. The standard InChI is InChI=1S/C19H21NO3S/c1-14-6-2-3-7-15(14)13-24-11-10-20-19(21)18-12-22-16-8-4-5-9-17(16)23-18/h2-9,18H,10-13H2,1H3,(H,20,21)/t18-/m1/s1. The second kappa shape index (κ2) is 8.11. The first kappa shape index (κ1) is 16.7. The number of hydrogen-bond donors (Lipinski definition) is 1. The van der Waals surface area contributed by atoms with Gasteiger partial charge in [0, 0.05) is 18.1 Å². The van der Waals surface area contributed by atoms with E-state index >= 15 is 0 Å². The van der Waals surface area contributed by atoms with Crippen molar-refractivity contribution in [2.45, 2.75) is 18.8 Å². The second-order valence-corrected chi connectivity index (χ2v) is 6.74. The molecular weight excluding hydrogens is 322 g/mol. The van der Waals surface area contributed by atoms with Crippen molar-refractivity contribution in [3.05, 3.63) is 59.7 Å². The third kappa shape index (κ3) is 4.23. The molecule has 1 atom stereocenters. The first-order chi connectivity index (χ1) is 11.7. The summed E-state index contributed by atoms with van der Waals surface area (Å²) in [4.78, 5) is 12.2. The Balaban J connectivity index is 1.38. The Morgan fingerprint density at radius 2 is 1.92 bits per heavy atom. The minimum atomic E-state index is -0.582. The van der Waals surface area contributed by atoms with Crippen molar-refractivity contribution in [3.8, 4) is 11.5 Å². The molecular formula is C19H21NO3S. The lowest BCUT2D eigenvalue weighted by Gasteiger charge is -2.25. The fraction of sp³-hybridized carbons (Fsp3) is 0.316. The fourth-order valence-electron chi connectivity index (χ4n) is 2.46. The molecule has 1 amide bonds. The van der Waals surface area contributed by atoms with Crippen molar-refractivity contribution >= 4 is 17.7 Å². The minimum Gasteiger partial charge on any atom is -0.485 e. The Morgan fingerprint density at radius 1 is 1.17 bits per heavy atom. The zero-order valence-corrected chi connectivity index (χ0v) is 14.5. The fourth-order valence-corrected chi connectivity index (χ4v) is 3.40. The van der Waals surface area contributed by atoms with E-state index in [2.05, 4.69) is 30.4 Å². The summed E-state index contributed by atoms with van der Waals surface area (Å²) in [5.74, 6) is 3.01. The molecule has 0 aliphatic carbocycles. The average Bonchev–Trinajstić information content (AvgIpc) is 2.62. The molecule has 1 N–H and O–H groups in total. The van der Waals surface area contributed by atoms with Crippen LogP contribution in [-0.2, 0) is 10.5 Å². The Labute approximate surface area is 146 Å². The highest BCUT2D eigenvalue weighted by Gasteiger charge is 2.26. The van der Waals surface area contributed by atoms with Gasteiger partial charge in [0.25, 0.3) is 5.91 Å². The first-order valence-electron chi connectivity index (χ1n) is 8.02. The van der Waals surface area contributed by atoms with E-state index in [1.54, 1.807) is 0 Å². The highest BCUT2D eigenvalue weighted by atomic mass is 32.2. The molecule has 0 unspecified atom stereocenters. The third-order valence-electron chi connectivity index (χ3n) is 3.87. The second-order valence-electron chi connectivity index (χ2n) is 5.63. The van der Waals surface area contributed by atoms with Crippen LogP contribution in [0.2, 0.25) is 0 Å². The molecule has 126 valence electrons. The maximum Gasteiger partial charge on any atom is 0.264 e. The van der Waals surface area contributed by atoms with Crippen molar-refractivity contribution in [2.75, 3.05) is 18.9 Å². The van der Waals surface area contributed by atoms with Crippen LogP contribution in [-0.4, -0.2) is 30.9 Å². The molecule has 0 bridgehead atoms. The number of amides is 1. The first-order valence-corrected chi connectivity index (χ1v) is 9.18. The van der Waals surface area contributed by atoms with E-state index in [-0.39, 0.29) is 12.5 Å². The molecule has 0 spiro atoms. The number of carbonyl (C=O) groups is 1. The van der Waals surface area contributed by atoms with Gasteiger partial charge in [-0.1, -0.05) is 36.4 Å². The summed E-state index contributed by atoms with van der Waals surface area (Å²) in [5, 5.41) is 2.92. The Hall–Kier alpha value is -2.14. The lowest BCUT2D eigenvalue weighted by molar-refractivity contribution is -0.130. The Morgan fingerprint density at radius 3 is 2.75 bits per heavy atom. The molecule has 4 nitrogen and oxygen atoms in total. The molecule has 0 fully saturated rings. The number of fused-ring (bicyclic) bond motifs is 1. The monoisotopic (exact) mass is 343 g/mol. The van der Waals surface area contributed by atoms with Crippen LogP contribution >= 0.6 is 11.8 Å². The number of hydrogen-bond acceptors (Lipinski definition) is 4. The van der Waals surface area contributed by atoms with Crippen LogP contribution in [0, 0.1) is 6.92 Å². The largest absolute Gasteiger partial charge is 0.485 e. The Bertz CT molecular complexity index is 705. The zero-order valence-electron chi connectivity index (χ0n) is 13.7. The number of benzene rings is 2. The number of nitrogens with one attached hydrogen (secondary N) is 1. The summed E-state index contributed by atoms with van der Waals surface area (Å²) in [6.07, 6.45) is -0.582. The number of para-hydroxylation sites is 2. The van der Waals surface area contributed by atoms with Crippen LogP contribution < -0.4 is 14.8 Å². The predicted molar refractivity (Wildman–Crippen MR) is 96.7 cm³/mol. The molecule has 24 heavy (non-hydrogen) atoms. The van der Waals surface area contributed by atoms with Crippen molar-refractivity contribution in [1.29, 1.82) is 0 Å². The smallest absolute Gasteiger partial charge is 0.264 e. The molecule has 0 radical (unpaired) electrons. The maximum absolute atomic E-state index is 12.2. The summed E-state index contributed by atoms with van der Waals surface area (Å²) in [6, 6.07) is 15.8. The van der Waals surface area contributed by atoms with Crippen molar-refractivity contribution < 1.29 is 14.3 Å². The lowest BCUT2D eigenvalue weighted by Crippen LogP contribution is -2.44. The van der Waals surface area contributed by atoms with E-state index in [0.717, 1.165) is 11.5 Å². The van der Waals surface area contributed by atoms with Gasteiger partial charge < -0.3 is 14.8 Å². The number of ether oxygens (including phenoxy) is 2. The van der Waals surface area contributed by atoms with E-state index in [0.29, 0.717) is 18.0 Å². The van der Waals surface area contributed by atoms with Crippen LogP contribution in [0.15, 0.2) is 48.5 Å². The quantitative estimate of drug-likeness (QED) is 0.819. The van der Waals surface area contributed by atoms with Gasteiger partial charge in [-0.15, -0.1) is 0 Å². The van der Waals surface area contributed by atoms with E-state index < -0.39 is 6.10 Å². The van der Waals surface area contributed by atoms with Gasteiger partial charge in [0.05, 0.1) is 0 Å². The van der Waals surface area contributed by atoms with E-state index in [1.807, 2.05) is 42.1 Å². The van der Waals surface area contributed by atoms with E-state index in [4.69, 9.17) is 9.47 Å². The van der Waals surface area contributed by atoms with Gasteiger partial charge in [0.15, 0.2) is 11.5 Å². The molecule has 1 aliphatic rings. The average molecular weight is 343 g/mol. The van der Waals surface area contributed by atoms with Crippen LogP contribution in [0.1, 0.15) is 11.1 Å². The number of thioether (sulfide) groups is 1. The van der Waals surface area contributed by atoms with Crippen LogP contribution in [0.3, 0.4) is 0 Å². The summed E-state index contributed by atoms with van der Waals surface area (Å²) in [5.41, 5.74) is 2.65. The van der Waals surface area contributed by atoms with Crippen molar-refractivity contribution in [1.82, 2.24) is 5.32 Å². The molecule has 3 rings (SSSR count). The van der Waals surface area contributed by atoms with Gasteiger partial charge in [-0.25, -0.2) is 0 Å². The molecule has 2 aromatic rings. The molecule has 5 heteroatoms. The molecule has 1 heterocycles. The lowest BCUT2D eigenvalue weighted by atomic mass is 10.1. The van der Waals surface area contributed by atoms with Crippen LogP contribution in [0.5, 0.6) is 11.5 Å². The normalized spacial score (nSPS) is 15.8. The van der Waals surface area contributed by atoms with Crippen LogP contribution in [0.25, 0.3) is 0 Å². The highest BCUT2D eigenvalue weighted by molar-refractivity contribution is 7.98. The molecule has 0 saturated heterocycles. The maximum atomic E-state index is 12.2. The van der Waals surface area contributed by atoms with Gasteiger partial charge >= 0.3 is 0 Å². The topological polar surface area (TPSA) is 47.6 Å². The zero-order chi connectivity index (χ0) is 16.8. The summed E-state index contributed by atoms with van der Waals surface area (Å²) in [6.45, 7) is 2.99.